The molecule has 0 radical (unpaired) electrons. The number of carbonyl (C=O) groups excluding carboxylic acids is 2. The quantitative estimate of drug-likeness (QED) is 0.774. The molecule has 18 heavy (non-hydrogen) atoms. The molecule has 1 saturated heterocycles. The lowest BCUT2D eigenvalue weighted by molar-refractivity contribution is -0.143. The van der Waals surface area contributed by atoms with E-state index in [1.54, 1.807) is 4.90 Å². The zero-order chi connectivity index (χ0) is 13.1. The van der Waals surface area contributed by atoms with E-state index in [4.69, 9.17) is 5.73 Å². The fraction of sp³-hybridized carbons (Fsp3) is 0.857. The van der Waals surface area contributed by atoms with Gasteiger partial charge in [0.15, 0.2) is 0 Å². The number of likely N-dealkylation sites (tertiary alicyclic amines) is 1. The van der Waals surface area contributed by atoms with Gasteiger partial charge in [-0.3, -0.25) is 14.5 Å². The van der Waals surface area contributed by atoms with Crippen LogP contribution in [0.4, 0.5) is 0 Å². The fourth-order valence-electron chi connectivity index (χ4n) is 3.52. The first kappa shape index (κ1) is 13.5. The van der Waals surface area contributed by atoms with Gasteiger partial charge in [-0.05, 0) is 37.6 Å². The molecule has 4 heteroatoms. The van der Waals surface area contributed by atoms with Gasteiger partial charge in [-0.15, -0.1) is 0 Å². The van der Waals surface area contributed by atoms with Crippen LogP contribution in [0.2, 0.25) is 0 Å². The van der Waals surface area contributed by atoms with Gasteiger partial charge in [-0.1, -0.05) is 19.8 Å². The third-order valence-electron chi connectivity index (χ3n) is 4.49. The number of rotatable bonds is 4. The first-order valence-electron chi connectivity index (χ1n) is 7.22. The monoisotopic (exact) mass is 252 g/mol. The van der Waals surface area contributed by atoms with Crippen LogP contribution in [0.5, 0.6) is 0 Å². The van der Waals surface area contributed by atoms with E-state index in [9.17, 15) is 9.59 Å². The molecule has 1 aliphatic carbocycles. The van der Waals surface area contributed by atoms with E-state index < -0.39 is 0 Å². The van der Waals surface area contributed by atoms with Crippen LogP contribution in [0, 0.1) is 11.8 Å². The van der Waals surface area contributed by atoms with Crippen molar-refractivity contribution >= 4 is 11.8 Å². The minimum absolute atomic E-state index is 0.0144. The molecule has 0 aromatic carbocycles. The van der Waals surface area contributed by atoms with Gasteiger partial charge < -0.3 is 5.73 Å². The molecule has 1 aliphatic heterocycles. The number of carbonyl (C=O) groups is 2. The predicted octanol–water partition coefficient (Wildman–Crippen LogP) is 1.68. The minimum atomic E-state index is 0.0144. The van der Waals surface area contributed by atoms with Crippen molar-refractivity contribution in [2.75, 3.05) is 6.54 Å². The lowest BCUT2D eigenvalue weighted by Crippen LogP contribution is -2.49. The van der Waals surface area contributed by atoms with Gasteiger partial charge in [0, 0.05) is 18.9 Å². The second kappa shape index (κ2) is 5.83. The highest BCUT2D eigenvalue weighted by Gasteiger charge is 2.41. The molecule has 0 aromatic rings. The van der Waals surface area contributed by atoms with E-state index >= 15 is 0 Å². The molecule has 2 aliphatic rings. The number of amides is 2. The normalized spacial score (nSPS) is 33.2. The van der Waals surface area contributed by atoms with Gasteiger partial charge >= 0.3 is 0 Å². The summed E-state index contributed by atoms with van der Waals surface area (Å²) in [5.74, 6) is 0.995. The van der Waals surface area contributed by atoms with Crippen molar-refractivity contribution in [3.05, 3.63) is 0 Å². The molecule has 2 N–H and O–H groups in total. The predicted molar refractivity (Wildman–Crippen MR) is 69.7 cm³/mol. The number of imide groups is 1. The molecule has 102 valence electrons. The Bertz CT molecular complexity index is 314. The molecule has 0 aromatic heterocycles. The van der Waals surface area contributed by atoms with Crippen molar-refractivity contribution in [2.45, 2.75) is 57.9 Å². The summed E-state index contributed by atoms with van der Waals surface area (Å²) in [4.78, 5) is 25.3. The summed E-state index contributed by atoms with van der Waals surface area (Å²) in [5.41, 5.74) is 5.82. The molecule has 2 amide bonds. The molecule has 1 saturated carbocycles. The molecule has 3 unspecified atom stereocenters. The van der Waals surface area contributed by atoms with Gasteiger partial charge in [-0.25, -0.2) is 0 Å². The van der Waals surface area contributed by atoms with Crippen LogP contribution in [0.1, 0.15) is 51.9 Å². The van der Waals surface area contributed by atoms with Crippen molar-refractivity contribution in [3.8, 4) is 0 Å². The number of hydrogen-bond donors (Lipinski definition) is 1. The summed E-state index contributed by atoms with van der Waals surface area (Å²) in [6, 6.07) is 0.0720. The molecule has 2 rings (SSSR count). The van der Waals surface area contributed by atoms with E-state index in [1.807, 2.05) is 0 Å². The van der Waals surface area contributed by atoms with Crippen LogP contribution in [-0.2, 0) is 9.59 Å². The second-order valence-corrected chi connectivity index (χ2v) is 5.69. The Kier molecular flexibility index (Phi) is 4.38. The topological polar surface area (TPSA) is 63.4 Å². The van der Waals surface area contributed by atoms with E-state index in [0.29, 0.717) is 31.2 Å². The molecule has 0 spiro atoms. The molecule has 0 bridgehead atoms. The maximum absolute atomic E-state index is 11.9. The summed E-state index contributed by atoms with van der Waals surface area (Å²) in [5, 5.41) is 0. The van der Waals surface area contributed by atoms with E-state index in [-0.39, 0.29) is 17.9 Å². The third kappa shape index (κ3) is 2.58. The number of hydrogen-bond acceptors (Lipinski definition) is 3. The van der Waals surface area contributed by atoms with Crippen LogP contribution in [0.3, 0.4) is 0 Å². The SMILES string of the molecule is CCCC1CCC(CN)C(N2C(=O)CCC2=O)C1. The lowest BCUT2D eigenvalue weighted by Gasteiger charge is -2.40. The van der Waals surface area contributed by atoms with Crippen LogP contribution in [0.15, 0.2) is 0 Å². The maximum atomic E-state index is 11.9. The minimum Gasteiger partial charge on any atom is -0.330 e. The maximum Gasteiger partial charge on any atom is 0.229 e. The second-order valence-electron chi connectivity index (χ2n) is 5.69. The Hall–Kier alpha value is -0.900. The zero-order valence-electron chi connectivity index (χ0n) is 11.2. The molecular formula is C14H24N2O2. The van der Waals surface area contributed by atoms with E-state index in [0.717, 1.165) is 12.8 Å². The van der Waals surface area contributed by atoms with Crippen molar-refractivity contribution < 1.29 is 9.59 Å². The third-order valence-corrected chi connectivity index (χ3v) is 4.49. The average Bonchev–Trinajstić information content (AvgIpc) is 2.69. The fourth-order valence-corrected chi connectivity index (χ4v) is 3.52. The van der Waals surface area contributed by atoms with Crippen LogP contribution in [0.25, 0.3) is 0 Å². The van der Waals surface area contributed by atoms with Crippen LogP contribution in [-0.4, -0.2) is 29.3 Å². The molecule has 4 nitrogen and oxygen atoms in total. The van der Waals surface area contributed by atoms with Crippen LogP contribution >= 0.6 is 0 Å². The highest BCUT2D eigenvalue weighted by atomic mass is 16.2. The number of nitrogens with two attached hydrogens (primary N) is 1. The standard InChI is InChI=1S/C14H24N2O2/c1-2-3-10-4-5-11(9-15)12(8-10)16-13(17)6-7-14(16)18/h10-12H,2-9,15H2,1H3. The van der Waals surface area contributed by atoms with Crippen LogP contribution < -0.4 is 5.73 Å². The smallest absolute Gasteiger partial charge is 0.229 e. The first-order chi connectivity index (χ1) is 8.67. The Labute approximate surface area is 109 Å². The molecule has 1 heterocycles. The van der Waals surface area contributed by atoms with E-state index in [2.05, 4.69) is 6.92 Å². The molecular weight excluding hydrogens is 228 g/mol. The lowest BCUT2D eigenvalue weighted by atomic mass is 9.76. The van der Waals surface area contributed by atoms with Gasteiger partial charge in [0.2, 0.25) is 11.8 Å². The summed E-state index contributed by atoms with van der Waals surface area (Å²) in [7, 11) is 0. The molecule has 2 fully saturated rings. The van der Waals surface area contributed by atoms with Crippen molar-refractivity contribution in [1.82, 2.24) is 4.90 Å². The average molecular weight is 252 g/mol. The summed E-state index contributed by atoms with van der Waals surface area (Å²) < 4.78 is 0. The zero-order valence-corrected chi connectivity index (χ0v) is 11.2. The van der Waals surface area contributed by atoms with E-state index in [1.165, 1.54) is 19.3 Å². The highest BCUT2D eigenvalue weighted by molar-refractivity contribution is 6.02. The Morgan fingerprint density at radius 2 is 1.89 bits per heavy atom. The Balaban J connectivity index is 2.10. The summed E-state index contributed by atoms with van der Waals surface area (Å²) in [6.07, 6.45) is 6.38. The van der Waals surface area contributed by atoms with Crippen molar-refractivity contribution in [1.29, 1.82) is 0 Å². The van der Waals surface area contributed by atoms with Crippen molar-refractivity contribution in [2.24, 2.45) is 17.6 Å². The van der Waals surface area contributed by atoms with Gasteiger partial charge in [0.25, 0.3) is 0 Å². The van der Waals surface area contributed by atoms with Crippen molar-refractivity contribution in [3.63, 3.8) is 0 Å². The van der Waals surface area contributed by atoms with Gasteiger partial charge in [0.1, 0.15) is 0 Å². The Morgan fingerprint density at radius 1 is 1.22 bits per heavy atom. The summed E-state index contributed by atoms with van der Waals surface area (Å²) in [6.45, 7) is 2.77. The summed E-state index contributed by atoms with van der Waals surface area (Å²) >= 11 is 0. The van der Waals surface area contributed by atoms with Gasteiger partial charge in [-0.2, -0.15) is 0 Å². The first-order valence-corrected chi connectivity index (χ1v) is 7.22. The highest BCUT2D eigenvalue weighted by Crippen LogP contribution is 2.36. The largest absolute Gasteiger partial charge is 0.330 e. The van der Waals surface area contributed by atoms with Gasteiger partial charge in [0.05, 0.1) is 0 Å². The Morgan fingerprint density at radius 3 is 2.44 bits per heavy atom. The number of nitrogens with zero attached hydrogens (tertiary/aromatic N) is 1. The molecule has 3 atom stereocenters.